The maximum Gasteiger partial charge on any atom is 0.252 e. The van der Waals surface area contributed by atoms with E-state index in [1.54, 1.807) is 48.8 Å². The van der Waals surface area contributed by atoms with Gasteiger partial charge in [-0.15, -0.1) is 0 Å². The molecule has 0 saturated heterocycles. The van der Waals surface area contributed by atoms with Crippen LogP contribution in [0.15, 0.2) is 67.0 Å². The van der Waals surface area contributed by atoms with Gasteiger partial charge < -0.3 is 16.0 Å². The Bertz CT molecular complexity index is 1220. The number of hydrogen-bond acceptors (Lipinski definition) is 4. The van der Waals surface area contributed by atoms with Crippen molar-refractivity contribution in [3.8, 4) is 11.4 Å². The number of pyridine rings is 1. The predicted octanol–water partition coefficient (Wildman–Crippen LogP) is 2.59. The molecular formula is C22H18FN5O2. The van der Waals surface area contributed by atoms with Crippen molar-refractivity contribution in [1.29, 1.82) is 0 Å². The highest BCUT2D eigenvalue weighted by molar-refractivity contribution is 6.00. The van der Waals surface area contributed by atoms with Gasteiger partial charge in [0.1, 0.15) is 17.7 Å². The minimum atomic E-state index is -1.04. The molecule has 0 bridgehead atoms. The number of hydrogen-bond donors (Lipinski definition) is 3. The van der Waals surface area contributed by atoms with E-state index in [4.69, 9.17) is 5.73 Å². The Morgan fingerprint density at radius 1 is 1.10 bits per heavy atom. The van der Waals surface area contributed by atoms with E-state index in [0.29, 0.717) is 28.0 Å². The van der Waals surface area contributed by atoms with Crippen molar-refractivity contribution in [3.63, 3.8) is 0 Å². The fraction of sp³-hybridized carbons (Fsp3) is 0.0909. The molecule has 7 nitrogen and oxygen atoms in total. The van der Waals surface area contributed by atoms with Crippen LogP contribution in [0.3, 0.4) is 0 Å². The molecule has 2 amide bonds. The molecule has 0 fully saturated rings. The van der Waals surface area contributed by atoms with Crippen LogP contribution in [0.4, 0.5) is 4.39 Å². The van der Waals surface area contributed by atoms with Gasteiger partial charge in [0.2, 0.25) is 5.91 Å². The van der Waals surface area contributed by atoms with Crippen LogP contribution in [-0.4, -0.2) is 32.8 Å². The van der Waals surface area contributed by atoms with Crippen LogP contribution < -0.4 is 11.1 Å². The second-order valence-electron chi connectivity index (χ2n) is 6.78. The van der Waals surface area contributed by atoms with Gasteiger partial charge in [0, 0.05) is 29.9 Å². The van der Waals surface area contributed by atoms with Crippen molar-refractivity contribution in [1.82, 2.24) is 20.3 Å². The van der Waals surface area contributed by atoms with E-state index in [9.17, 15) is 14.0 Å². The number of benzene rings is 2. The molecular weight excluding hydrogens is 385 g/mol. The number of nitrogens with zero attached hydrogens (tertiary/aromatic N) is 2. The number of imidazole rings is 1. The maximum atomic E-state index is 13.9. The number of primary amides is 1. The van der Waals surface area contributed by atoms with Crippen molar-refractivity contribution in [3.05, 3.63) is 83.9 Å². The number of aromatic amines is 1. The zero-order valence-electron chi connectivity index (χ0n) is 15.8. The van der Waals surface area contributed by atoms with Crippen molar-refractivity contribution >= 4 is 22.8 Å². The van der Waals surface area contributed by atoms with Gasteiger partial charge in [0.05, 0.1) is 11.0 Å². The van der Waals surface area contributed by atoms with E-state index in [2.05, 4.69) is 20.3 Å². The van der Waals surface area contributed by atoms with Crippen LogP contribution in [0.1, 0.15) is 15.9 Å². The summed E-state index contributed by atoms with van der Waals surface area (Å²) in [5.41, 5.74) is 8.27. The lowest BCUT2D eigenvalue weighted by atomic mass is 10.0. The normalized spacial score (nSPS) is 11.9. The van der Waals surface area contributed by atoms with Gasteiger partial charge in [-0.1, -0.05) is 18.2 Å². The van der Waals surface area contributed by atoms with Gasteiger partial charge in [0.15, 0.2) is 0 Å². The highest BCUT2D eigenvalue weighted by Crippen LogP contribution is 2.21. The van der Waals surface area contributed by atoms with Gasteiger partial charge in [-0.3, -0.25) is 14.6 Å². The van der Waals surface area contributed by atoms with Crippen LogP contribution in [-0.2, 0) is 11.2 Å². The van der Waals surface area contributed by atoms with Crippen LogP contribution in [0, 0.1) is 5.82 Å². The van der Waals surface area contributed by atoms with Gasteiger partial charge in [-0.05, 0) is 42.0 Å². The van der Waals surface area contributed by atoms with E-state index in [-0.39, 0.29) is 6.42 Å². The van der Waals surface area contributed by atoms with Gasteiger partial charge >= 0.3 is 0 Å². The average molecular weight is 403 g/mol. The number of nitrogens with two attached hydrogens (primary N) is 1. The van der Waals surface area contributed by atoms with E-state index in [0.717, 1.165) is 5.56 Å². The van der Waals surface area contributed by atoms with Crippen molar-refractivity contribution in [2.45, 2.75) is 12.5 Å². The minimum absolute atomic E-state index is 0.0355. The van der Waals surface area contributed by atoms with E-state index in [1.807, 2.05) is 12.1 Å². The SMILES string of the molecule is NC(=O)[C@H](Cc1ccccc1F)NC(=O)c1ccc2nc(-c3ccncc3)[nH]c2c1. The molecule has 0 radical (unpaired) electrons. The number of aromatic nitrogens is 3. The monoisotopic (exact) mass is 403 g/mol. The predicted molar refractivity (Wildman–Crippen MR) is 110 cm³/mol. The summed E-state index contributed by atoms with van der Waals surface area (Å²) in [4.78, 5) is 36.2. The van der Waals surface area contributed by atoms with E-state index < -0.39 is 23.7 Å². The molecule has 1 atom stereocenters. The molecule has 2 aromatic heterocycles. The Morgan fingerprint density at radius 3 is 2.60 bits per heavy atom. The second kappa shape index (κ2) is 8.12. The summed E-state index contributed by atoms with van der Waals surface area (Å²) >= 11 is 0. The smallest absolute Gasteiger partial charge is 0.252 e. The summed E-state index contributed by atoms with van der Waals surface area (Å²) in [6.07, 6.45) is 3.30. The molecule has 0 saturated carbocycles. The van der Waals surface area contributed by atoms with Crippen molar-refractivity contribution in [2.24, 2.45) is 5.73 Å². The molecule has 0 aliphatic carbocycles. The van der Waals surface area contributed by atoms with Gasteiger partial charge in [0.25, 0.3) is 5.91 Å². The lowest BCUT2D eigenvalue weighted by Gasteiger charge is -2.16. The molecule has 2 heterocycles. The molecule has 0 aliphatic heterocycles. The van der Waals surface area contributed by atoms with E-state index in [1.165, 1.54) is 6.07 Å². The first-order valence-corrected chi connectivity index (χ1v) is 9.25. The van der Waals surface area contributed by atoms with Crippen molar-refractivity contribution in [2.75, 3.05) is 0 Å². The van der Waals surface area contributed by atoms with Gasteiger partial charge in [-0.25, -0.2) is 9.37 Å². The summed E-state index contributed by atoms with van der Waals surface area (Å²) in [6, 6.07) is 13.6. The minimum Gasteiger partial charge on any atom is -0.368 e. The fourth-order valence-corrected chi connectivity index (χ4v) is 3.15. The molecule has 4 aromatic rings. The summed E-state index contributed by atoms with van der Waals surface area (Å²) < 4.78 is 13.9. The second-order valence-corrected chi connectivity index (χ2v) is 6.78. The first kappa shape index (κ1) is 19.3. The third kappa shape index (κ3) is 4.02. The molecule has 0 unspecified atom stereocenters. The van der Waals surface area contributed by atoms with Crippen LogP contribution in [0.2, 0.25) is 0 Å². The Hall–Kier alpha value is -4.07. The van der Waals surface area contributed by atoms with Crippen LogP contribution >= 0.6 is 0 Å². The maximum absolute atomic E-state index is 13.9. The molecule has 4 rings (SSSR count). The number of nitrogens with one attached hydrogen (secondary N) is 2. The number of halogens is 1. The number of amides is 2. The zero-order valence-corrected chi connectivity index (χ0v) is 15.8. The third-order valence-electron chi connectivity index (χ3n) is 4.73. The number of rotatable bonds is 6. The summed E-state index contributed by atoms with van der Waals surface area (Å²) in [5, 5.41) is 2.59. The van der Waals surface area contributed by atoms with E-state index >= 15 is 0 Å². The van der Waals surface area contributed by atoms with Crippen LogP contribution in [0.25, 0.3) is 22.4 Å². The molecule has 0 aliphatic rings. The summed E-state index contributed by atoms with van der Waals surface area (Å²) in [5.74, 6) is -1.04. The standard InChI is InChI=1S/C22H18FN5O2/c23-16-4-2-1-3-14(16)11-19(20(24)29)28-22(30)15-5-6-17-18(12-15)27-21(26-17)13-7-9-25-10-8-13/h1-10,12,19H,11H2,(H2,24,29)(H,26,27)(H,28,30)/t19-/m0/s1. The highest BCUT2D eigenvalue weighted by Gasteiger charge is 2.21. The Morgan fingerprint density at radius 2 is 1.87 bits per heavy atom. The summed E-state index contributed by atoms with van der Waals surface area (Å²) in [7, 11) is 0. The molecule has 0 spiro atoms. The molecule has 30 heavy (non-hydrogen) atoms. The van der Waals surface area contributed by atoms with Gasteiger partial charge in [-0.2, -0.15) is 0 Å². The molecule has 150 valence electrons. The number of carbonyl (C=O) groups excluding carboxylic acids is 2. The molecule has 8 heteroatoms. The third-order valence-corrected chi connectivity index (χ3v) is 4.73. The lowest BCUT2D eigenvalue weighted by molar-refractivity contribution is -0.119. The lowest BCUT2D eigenvalue weighted by Crippen LogP contribution is -2.46. The van der Waals surface area contributed by atoms with Crippen molar-refractivity contribution < 1.29 is 14.0 Å². The number of fused-ring (bicyclic) bond motifs is 1. The largest absolute Gasteiger partial charge is 0.368 e. The average Bonchev–Trinajstić information content (AvgIpc) is 3.18. The molecule has 2 aromatic carbocycles. The first-order valence-electron chi connectivity index (χ1n) is 9.25. The topological polar surface area (TPSA) is 114 Å². The number of carbonyl (C=O) groups is 2. The molecule has 4 N–H and O–H groups in total. The van der Waals surface area contributed by atoms with Crippen LogP contribution in [0.5, 0.6) is 0 Å². The fourth-order valence-electron chi connectivity index (χ4n) is 3.15. The summed E-state index contributed by atoms with van der Waals surface area (Å²) in [6.45, 7) is 0. The highest BCUT2D eigenvalue weighted by atomic mass is 19.1. The zero-order chi connectivity index (χ0) is 21.1. The quantitative estimate of drug-likeness (QED) is 0.459. The first-order chi connectivity index (χ1) is 14.5. The Labute approximate surface area is 171 Å². The Balaban J connectivity index is 1.55. The number of H-pyrrole nitrogens is 1. The Kier molecular flexibility index (Phi) is 5.21.